The first-order chi connectivity index (χ1) is 14.0. The van der Waals surface area contributed by atoms with Gasteiger partial charge in [0.2, 0.25) is 5.91 Å². The van der Waals surface area contributed by atoms with Crippen LogP contribution < -0.4 is 0 Å². The molecule has 4 rings (SSSR count). The fourth-order valence-corrected chi connectivity index (χ4v) is 4.25. The number of Topliss-reactive ketones (excluding diaryl/α,β-unsaturated/α-hetero) is 1. The van der Waals surface area contributed by atoms with Crippen LogP contribution >= 0.6 is 11.6 Å². The molecule has 3 aromatic rings. The number of aryl methyl sites for hydroxylation is 1. The molecule has 2 aromatic carbocycles. The first-order valence-electron chi connectivity index (χ1n) is 9.73. The molecule has 1 fully saturated rings. The molecule has 0 bridgehead atoms. The van der Waals surface area contributed by atoms with E-state index in [0.717, 1.165) is 22.0 Å². The Labute approximate surface area is 175 Å². The number of rotatable bonds is 6. The average Bonchev–Trinajstić information content (AvgIpc) is 3.01. The Bertz CT molecular complexity index is 1110. The summed E-state index contributed by atoms with van der Waals surface area (Å²) >= 11 is 6.26. The molecule has 5 heteroatoms. The Hall–Kier alpha value is -2.85. The summed E-state index contributed by atoms with van der Waals surface area (Å²) in [4.78, 5) is 26.0. The van der Waals surface area contributed by atoms with Crippen LogP contribution in [-0.2, 0) is 16.1 Å². The molecule has 0 spiro atoms. The van der Waals surface area contributed by atoms with E-state index < -0.39 is 0 Å². The highest BCUT2D eigenvalue weighted by molar-refractivity contribution is 6.31. The molecule has 1 aliphatic rings. The van der Waals surface area contributed by atoms with Crippen LogP contribution in [0.1, 0.15) is 12.0 Å². The van der Waals surface area contributed by atoms with Gasteiger partial charge in [-0.1, -0.05) is 42.4 Å². The second-order valence-electron chi connectivity index (χ2n) is 7.70. The molecule has 0 N–H and O–H groups in total. The fraction of sp³-hybridized carbons (Fsp3) is 0.250. The molecule has 29 heavy (non-hydrogen) atoms. The lowest BCUT2D eigenvalue weighted by Gasteiger charge is -2.38. The average molecular weight is 407 g/mol. The number of carbonyl (C=O) groups is 2. The van der Waals surface area contributed by atoms with Crippen LogP contribution in [0, 0.1) is 12.8 Å². The molecule has 0 radical (unpaired) electrons. The van der Waals surface area contributed by atoms with Gasteiger partial charge in [0, 0.05) is 53.1 Å². The minimum atomic E-state index is -0.0649. The van der Waals surface area contributed by atoms with Crippen LogP contribution in [0.3, 0.4) is 0 Å². The van der Waals surface area contributed by atoms with Crippen molar-refractivity contribution in [2.75, 3.05) is 13.1 Å². The van der Waals surface area contributed by atoms with Crippen LogP contribution in [0.2, 0.25) is 5.02 Å². The van der Waals surface area contributed by atoms with Gasteiger partial charge in [-0.25, -0.2) is 0 Å². The number of ketones is 1. The zero-order chi connectivity index (χ0) is 20.5. The molecule has 2 heterocycles. The molecular weight excluding hydrogens is 384 g/mol. The number of halogens is 1. The normalized spacial score (nSPS) is 14.1. The van der Waals surface area contributed by atoms with Crippen molar-refractivity contribution in [2.24, 2.45) is 5.92 Å². The molecule has 4 nitrogen and oxygen atoms in total. The molecule has 0 aliphatic carbocycles. The van der Waals surface area contributed by atoms with Crippen molar-refractivity contribution in [3.05, 3.63) is 71.9 Å². The zero-order valence-electron chi connectivity index (χ0n) is 16.4. The van der Waals surface area contributed by atoms with Crippen LogP contribution in [0.15, 0.2) is 61.3 Å². The number of likely N-dealkylation sites (tertiary alicyclic amines) is 1. The van der Waals surface area contributed by atoms with Gasteiger partial charge in [-0.3, -0.25) is 9.59 Å². The van der Waals surface area contributed by atoms with Crippen LogP contribution in [0.5, 0.6) is 0 Å². The van der Waals surface area contributed by atoms with Gasteiger partial charge < -0.3 is 9.47 Å². The number of benzene rings is 2. The molecule has 0 atom stereocenters. The van der Waals surface area contributed by atoms with E-state index in [1.54, 1.807) is 4.90 Å². The summed E-state index contributed by atoms with van der Waals surface area (Å²) in [7, 11) is 0. The second-order valence-corrected chi connectivity index (χ2v) is 8.14. The lowest BCUT2D eigenvalue weighted by Crippen LogP contribution is -2.50. The third-order valence-electron chi connectivity index (χ3n) is 5.58. The molecule has 0 unspecified atom stereocenters. The van der Waals surface area contributed by atoms with Crippen molar-refractivity contribution in [2.45, 2.75) is 19.9 Å². The summed E-state index contributed by atoms with van der Waals surface area (Å²) in [6.45, 7) is 7.17. The van der Waals surface area contributed by atoms with Crippen LogP contribution in [0.25, 0.3) is 22.0 Å². The third kappa shape index (κ3) is 3.85. The summed E-state index contributed by atoms with van der Waals surface area (Å²) in [6.07, 6.45) is 3.85. The first kappa shape index (κ1) is 19.5. The van der Waals surface area contributed by atoms with E-state index >= 15 is 0 Å². The van der Waals surface area contributed by atoms with E-state index in [2.05, 4.69) is 31.8 Å². The standard InChI is InChI=1S/C24H23ClN2O2/c1-3-24(29)27-12-17(13-27)10-19(28)14-26-15-22(20-7-5-4-6-16(20)2)21-11-18(25)8-9-23(21)26/h3-9,11,15,17H,1,10,12-14H2,2H3. The number of hydrogen-bond donors (Lipinski definition) is 0. The largest absolute Gasteiger partial charge is 0.339 e. The maximum absolute atomic E-state index is 12.7. The van der Waals surface area contributed by atoms with Crippen molar-refractivity contribution in [1.82, 2.24) is 9.47 Å². The molecule has 1 amide bonds. The van der Waals surface area contributed by atoms with Gasteiger partial charge in [-0.05, 0) is 42.3 Å². The number of carbonyl (C=O) groups excluding carboxylic acids is 2. The monoisotopic (exact) mass is 406 g/mol. The molecule has 1 saturated heterocycles. The van der Waals surface area contributed by atoms with Crippen molar-refractivity contribution < 1.29 is 9.59 Å². The Morgan fingerprint density at radius 2 is 1.93 bits per heavy atom. The molecule has 1 aliphatic heterocycles. The molecular formula is C24H23ClN2O2. The Kier molecular flexibility index (Phi) is 5.29. The van der Waals surface area contributed by atoms with Crippen molar-refractivity contribution in [3.8, 4) is 11.1 Å². The van der Waals surface area contributed by atoms with Gasteiger partial charge in [-0.2, -0.15) is 0 Å². The summed E-state index contributed by atoms with van der Waals surface area (Å²) in [5.74, 6) is 0.340. The zero-order valence-corrected chi connectivity index (χ0v) is 17.2. The van der Waals surface area contributed by atoms with E-state index in [-0.39, 0.29) is 17.6 Å². The van der Waals surface area contributed by atoms with Crippen LogP contribution in [0.4, 0.5) is 0 Å². The van der Waals surface area contributed by atoms with Gasteiger partial charge in [0.25, 0.3) is 0 Å². The van der Waals surface area contributed by atoms with Gasteiger partial charge in [-0.15, -0.1) is 0 Å². The summed E-state index contributed by atoms with van der Waals surface area (Å²) in [6, 6.07) is 14.0. The Morgan fingerprint density at radius 1 is 1.17 bits per heavy atom. The predicted molar refractivity (Wildman–Crippen MR) is 117 cm³/mol. The number of amides is 1. The minimum absolute atomic E-state index is 0.0649. The highest BCUT2D eigenvalue weighted by Crippen LogP contribution is 2.34. The van der Waals surface area contributed by atoms with Gasteiger partial charge in [0.1, 0.15) is 0 Å². The van der Waals surface area contributed by atoms with E-state index in [4.69, 9.17) is 11.6 Å². The Balaban J connectivity index is 1.57. The molecule has 1 aromatic heterocycles. The Morgan fingerprint density at radius 3 is 2.66 bits per heavy atom. The van der Waals surface area contributed by atoms with Crippen molar-refractivity contribution in [1.29, 1.82) is 0 Å². The number of hydrogen-bond acceptors (Lipinski definition) is 2. The quantitative estimate of drug-likeness (QED) is 0.548. The first-order valence-corrected chi connectivity index (χ1v) is 10.1. The minimum Gasteiger partial charge on any atom is -0.339 e. The summed E-state index contributed by atoms with van der Waals surface area (Å²) in [5, 5.41) is 1.73. The van der Waals surface area contributed by atoms with Crippen LogP contribution in [-0.4, -0.2) is 34.2 Å². The summed E-state index contributed by atoms with van der Waals surface area (Å²) < 4.78 is 2.01. The van der Waals surface area contributed by atoms with Gasteiger partial charge >= 0.3 is 0 Å². The van der Waals surface area contributed by atoms with E-state index in [1.807, 2.05) is 34.9 Å². The molecule has 0 saturated carbocycles. The second kappa shape index (κ2) is 7.88. The predicted octanol–water partition coefficient (Wildman–Crippen LogP) is 4.87. The number of fused-ring (bicyclic) bond motifs is 1. The van der Waals surface area contributed by atoms with Gasteiger partial charge in [0.15, 0.2) is 5.78 Å². The smallest absolute Gasteiger partial charge is 0.245 e. The highest BCUT2D eigenvalue weighted by Gasteiger charge is 2.30. The third-order valence-corrected chi connectivity index (χ3v) is 5.82. The number of nitrogens with zero attached hydrogens (tertiary/aromatic N) is 2. The SMILES string of the molecule is C=CC(=O)N1CC(CC(=O)Cn2cc(-c3ccccc3C)c3cc(Cl)ccc32)C1. The van der Waals surface area contributed by atoms with Crippen molar-refractivity contribution >= 4 is 34.2 Å². The maximum Gasteiger partial charge on any atom is 0.245 e. The van der Waals surface area contributed by atoms with Gasteiger partial charge in [0.05, 0.1) is 6.54 Å². The summed E-state index contributed by atoms with van der Waals surface area (Å²) in [5.41, 5.74) is 4.40. The maximum atomic E-state index is 12.7. The topological polar surface area (TPSA) is 42.3 Å². The fourth-order valence-electron chi connectivity index (χ4n) is 4.07. The highest BCUT2D eigenvalue weighted by atomic mass is 35.5. The van der Waals surface area contributed by atoms with E-state index in [9.17, 15) is 9.59 Å². The van der Waals surface area contributed by atoms with E-state index in [1.165, 1.54) is 11.6 Å². The van der Waals surface area contributed by atoms with E-state index in [0.29, 0.717) is 31.1 Å². The number of aromatic nitrogens is 1. The lowest BCUT2D eigenvalue weighted by molar-refractivity contribution is -0.134. The van der Waals surface area contributed by atoms with Crippen molar-refractivity contribution in [3.63, 3.8) is 0 Å². The molecule has 148 valence electrons. The lowest BCUT2D eigenvalue weighted by atomic mass is 9.94.